The summed E-state index contributed by atoms with van der Waals surface area (Å²) < 4.78 is 4.90. The Labute approximate surface area is 150 Å². The first-order valence-electron chi connectivity index (χ1n) is 8.06. The average molecular weight is 350 g/mol. The van der Waals surface area contributed by atoms with Crippen molar-refractivity contribution >= 4 is 17.6 Å². The lowest BCUT2D eigenvalue weighted by atomic mass is 10.1. The summed E-state index contributed by atoms with van der Waals surface area (Å²) in [6.45, 7) is 4.12. The molecule has 0 aliphatic carbocycles. The van der Waals surface area contributed by atoms with Crippen LogP contribution in [-0.4, -0.2) is 22.0 Å². The lowest BCUT2D eigenvalue weighted by Gasteiger charge is -2.07. The maximum Gasteiger partial charge on any atom is 0.275 e. The first kappa shape index (κ1) is 17.3. The predicted molar refractivity (Wildman–Crippen MR) is 95.8 cm³/mol. The van der Waals surface area contributed by atoms with Gasteiger partial charge in [0.25, 0.3) is 11.8 Å². The second-order valence-corrected chi connectivity index (χ2v) is 5.88. The van der Waals surface area contributed by atoms with Gasteiger partial charge in [0.05, 0.1) is 0 Å². The molecular weight excluding hydrogens is 332 g/mol. The summed E-state index contributed by atoms with van der Waals surface area (Å²) in [6, 6.07) is 12.5. The standard InChI is InChI=1S/C19H18N4O3/c1-12-4-3-5-14(8-12)11-21-18(24)15-6-7-20-16(10-15)19(25)22-17-9-13(2)26-23-17/h3-10H,11H2,1-2H3,(H,21,24)(H,22,23,25). The highest BCUT2D eigenvalue weighted by atomic mass is 16.5. The van der Waals surface area contributed by atoms with E-state index in [-0.39, 0.29) is 11.6 Å². The first-order chi connectivity index (χ1) is 12.5. The number of hydrogen-bond donors (Lipinski definition) is 2. The molecule has 0 fully saturated rings. The molecule has 7 heteroatoms. The maximum absolute atomic E-state index is 12.3. The van der Waals surface area contributed by atoms with Gasteiger partial charge in [-0.3, -0.25) is 14.6 Å². The smallest absolute Gasteiger partial charge is 0.275 e. The van der Waals surface area contributed by atoms with E-state index in [9.17, 15) is 9.59 Å². The summed E-state index contributed by atoms with van der Waals surface area (Å²) in [5.74, 6) is 0.132. The zero-order valence-electron chi connectivity index (χ0n) is 14.4. The van der Waals surface area contributed by atoms with Gasteiger partial charge in [-0.15, -0.1) is 0 Å². The lowest BCUT2D eigenvalue weighted by molar-refractivity contribution is 0.0950. The zero-order valence-corrected chi connectivity index (χ0v) is 14.4. The largest absolute Gasteiger partial charge is 0.360 e. The fourth-order valence-corrected chi connectivity index (χ4v) is 2.41. The number of aromatic nitrogens is 2. The highest BCUT2D eigenvalue weighted by Crippen LogP contribution is 2.10. The van der Waals surface area contributed by atoms with Crippen LogP contribution in [0.5, 0.6) is 0 Å². The molecule has 0 saturated carbocycles. The number of rotatable bonds is 5. The monoisotopic (exact) mass is 350 g/mol. The van der Waals surface area contributed by atoms with Crippen molar-refractivity contribution in [3.05, 3.63) is 76.8 Å². The first-order valence-corrected chi connectivity index (χ1v) is 8.06. The van der Waals surface area contributed by atoms with Crippen LogP contribution in [0, 0.1) is 13.8 Å². The molecule has 0 unspecified atom stereocenters. The van der Waals surface area contributed by atoms with E-state index in [0.717, 1.165) is 11.1 Å². The van der Waals surface area contributed by atoms with Gasteiger partial charge in [-0.2, -0.15) is 0 Å². The average Bonchev–Trinajstić information content (AvgIpc) is 3.04. The molecule has 2 heterocycles. The van der Waals surface area contributed by atoms with Gasteiger partial charge in [0.1, 0.15) is 11.5 Å². The third-order valence-corrected chi connectivity index (χ3v) is 3.66. The Balaban J connectivity index is 1.66. The number of anilines is 1. The summed E-state index contributed by atoms with van der Waals surface area (Å²) in [7, 11) is 0. The number of amides is 2. The van der Waals surface area contributed by atoms with E-state index in [2.05, 4.69) is 20.8 Å². The Hall–Kier alpha value is -3.48. The molecule has 7 nitrogen and oxygen atoms in total. The van der Waals surface area contributed by atoms with E-state index in [1.54, 1.807) is 19.1 Å². The second-order valence-electron chi connectivity index (χ2n) is 5.88. The Bertz CT molecular complexity index is 949. The number of hydrogen-bond acceptors (Lipinski definition) is 5. The van der Waals surface area contributed by atoms with Crippen LogP contribution < -0.4 is 10.6 Å². The van der Waals surface area contributed by atoms with Crippen molar-refractivity contribution in [3.8, 4) is 0 Å². The van der Waals surface area contributed by atoms with Crippen molar-refractivity contribution in [2.45, 2.75) is 20.4 Å². The topological polar surface area (TPSA) is 97.1 Å². The van der Waals surface area contributed by atoms with E-state index in [0.29, 0.717) is 23.7 Å². The fraction of sp³-hybridized carbons (Fsp3) is 0.158. The molecule has 0 radical (unpaired) electrons. The Morgan fingerprint density at radius 1 is 1.08 bits per heavy atom. The van der Waals surface area contributed by atoms with Crippen molar-refractivity contribution in [2.24, 2.45) is 0 Å². The quantitative estimate of drug-likeness (QED) is 0.737. The van der Waals surface area contributed by atoms with Crippen molar-refractivity contribution in [1.29, 1.82) is 0 Å². The summed E-state index contributed by atoms with van der Waals surface area (Å²) in [5, 5.41) is 9.10. The van der Waals surface area contributed by atoms with E-state index in [4.69, 9.17) is 4.52 Å². The van der Waals surface area contributed by atoms with Crippen LogP contribution in [-0.2, 0) is 6.54 Å². The van der Waals surface area contributed by atoms with E-state index >= 15 is 0 Å². The van der Waals surface area contributed by atoms with Crippen LogP contribution in [0.25, 0.3) is 0 Å². The molecule has 0 aliphatic heterocycles. The third kappa shape index (κ3) is 4.32. The van der Waals surface area contributed by atoms with E-state index in [1.807, 2.05) is 31.2 Å². The molecule has 2 N–H and O–H groups in total. The van der Waals surface area contributed by atoms with Crippen LogP contribution >= 0.6 is 0 Å². The highest BCUT2D eigenvalue weighted by Gasteiger charge is 2.13. The second kappa shape index (κ2) is 7.60. The van der Waals surface area contributed by atoms with Crippen molar-refractivity contribution in [3.63, 3.8) is 0 Å². The molecule has 0 saturated heterocycles. The molecule has 0 aliphatic rings. The van der Waals surface area contributed by atoms with Crippen molar-refractivity contribution < 1.29 is 14.1 Å². The molecule has 0 atom stereocenters. The van der Waals surface area contributed by atoms with Gasteiger partial charge in [-0.05, 0) is 31.5 Å². The van der Waals surface area contributed by atoms with Gasteiger partial charge in [0, 0.05) is 24.4 Å². The molecule has 3 aromatic rings. The summed E-state index contributed by atoms with van der Waals surface area (Å²) >= 11 is 0. The van der Waals surface area contributed by atoms with E-state index < -0.39 is 5.91 Å². The Morgan fingerprint density at radius 2 is 1.92 bits per heavy atom. The highest BCUT2D eigenvalue weighted by molar-refractivity contribution is 6.04. The van der Waals surface area contributed by atoms with Crippen LogP contribution in [0.4, 0.5) is 5.82 Å². The molecule has 26 heavy (non-hydrogen) atoms. The van der Waals surface area contributed by atoms with Crippen molar-refractivity contribution in [1.82, 2.24) is 15.5 Å². The number of carbonyl (C=O) groups is 2. The van der Waals surface area contributed by atoms with Crippen LogP contribution in [0.2, 0.25) is 0 Å². The number of nitrogens with one attached hydrogen (secondary N) is 2. The fourth-order valence-electron chi connectivity index (χ4n) is 2.41. The minimum atomic E-state index is -0.466. The van der Waals surface area contributed by atoms with Crippen LogP contribution in [0.1, 0.15) is 37.7 Å². The predicted octanol–water partition coefficient (Wildman–Crippen LogP) is 2.87. The Kier molecular flexibility index (Phi) is 5.07. The van der Waals surface area contributed by atoms with Crippen LogP contribution in [0.3, 0.4) is 0 Å². The summed E-state index contributed by atoms with van der Waals surface area (Å²) in [6.07, 6.45) is 1.42. The van der Waals surface area contributed by atoms with Crippen LogP contribution in [0.15, 0.2) is 53.2 Å². The molecule has 0 spiro atoms. The van der Waals surface area contributed by atoms with Gasteiger partial charge in [0.2, 0.25) is 0 Å². The maximum atomic E-state index is 12.3. The summed E-state index contributed by atoms with van der Waals surface area (Å²) in [4.78, 5) is 28.6. The molecule has 1 aromatic carbocycles. The number of pyridine rings is 1. The van der Waals surface area contributed by atoms with Gasteiger partial charge in [-0.1, -0.05) is 35.0 Å². The molecule has 132 valence electrons. The number of carbonyl (C=O) groups excluding carboxylic acids is 2. The molecule has 3 rings (SSSR count). The van der Waals surface area contributed by atoms with E-state index in [1.165, 1.54) is 12.3 Å². The number of nitrogens with zero attached hydrogens (tertiary/aromatic N) is 2. The molecule has 2 amide bonds. The van der Waals surface area contributed by atoms with Gasteiger partial charge < -0.3 is 15.2 Å². The minimum absolute atomic E-state index is 0.119. The molecular formula is C19H18N4O3. The van der Waals surface area contributed by atoms with Gasteiger partial charge in [0.15, 0.2) is 5.82 Å². The number of benzene rings is 1. The Morgan fingerprint density at radius 3 is 2.65 bits per heavy atom. The number of aryl methyl sites for hydroxylation is 2. The minimum Gasteiger partial charge on any atom is -0.360 e. The third-order valence-electron chi connectivity index (χ3n) is 3.66. The van der Waals surface area contributed by atoms with Crippen molar-refractivity contribution in [2.75, 3.05) is 5.32 Å². The normalized spacial score (nSPS) is 10.4. The van der Waals surface area contributed by atoms with Gasteiger partial charge in [-0.25, -0.2) is 0 Å². The summed E-state index contributed by atoms with van der Waals surface area (Å²) in [5.41, 5.74) is 2.61. The lowest BCUT2D eigenvalue weighted by Crippen LogP contribution is -2.23. The van der Waals surface area contributed by atoms with Gasteiger partial charge >= 0.3 is 0 Å². The zero-order chi connectivity index (χ0) is 18.5. The molecule has 2 aromatic heterocycles. The SMILES string of the molecule is Cc1cccc(CNC(=O)c2ccnc(C(=O)Nc3cc(C)on3)c2)c1. The molecule has 0 bridgehead atoms.